The number of aromatic amines is 1. The van der Waals surface area contributed by atoms with Crippen molar-refractivity contribution in [3.63, 3.8) is 0 Å². The minimum atomic E-state index is 0.135. The first-order valence-corrected chi connectivity index (χ1v) is 6.92. The predicted octanol–water partition coefficient (Wildman–Crippen LogP) is 3.77. The van der Waals surface area contributed by atoms with Crippen molar-refractivity contribution in [2.24, 2.45) is 0 Å². The monoisotopic (exact) mass is 319 g/mol. The van der Waals surface area contributed by atoms with Crippen molar-refractivity contribution in [2.75, 3.05) is 0 Å². The van der Waals surface area contributed by atoms with Gasteiger partial charge in [-0.3, -0.25) is 0 Å². The van der Waals surface area contributed by atoms with Gasteiger partial charge in [-0.2, -0.15) is 0 Å². The van der Waals surface area contributed by atoms with Gasteiger partial charge >= 0.3 is 0 Å². The fourth-order valence-corrected chi connectivity index (χ4v) is 2.37. The van der Waals surface area contributed by atoms with Crippen LogP contribution in [0.5, 0.6) is 0 Å². The number of H-pyrrole nitrogens is 1. The molecule has 3 rings (SSSR count). The quantitative estimate of drug-likeness (QED) is 0.769. The number of furan rings is 1. The Labute approximate surface area is 119 Å². The predicted molar refractivity (Wildman–Crippen MR) is 77.8 cm³/mol. The van der Waals surface area contributed by atoms with E-state index in [1.165, 1.54) is 0 Å². The Morgan fingerprint density at radius 1 is 1.42 bits per heavy atom. The summed E-state index contributed by atoms with van der Waals surface area (Å²) >= 11 is 3.47. The summed E-state index contributed by atoms with van der Waals surface area (Å²) in [5.74, 6) is 1.85. The lowest BCUT2D eigenvalue weighted by Gasteiger charge is -2.09. The largest absolute Gasteiger partial charge is 0.459 e. The summed E-state index contributed by atoms with van der Waals surface area (Å²) in [5.41, 5.74) is 0.907. The number of aromatic nitrogens is 2. The molecule has 19 heavy (non-hydrogen) atoms. The Morgan fingerprint density at radius 3 is 3.11 bits per heavy atom. The van der Waals surface area contributed by atoms with E-state index in [1.54, 1.807) is 6.20 Å². The summed E-state index contributed by atoms with van der Waals surface area (Å²) in [7, 11) is 0. The highest BCUT2D eigenvalue weighted by atomic mass is 79.9. The minimum Gasteiger partial charge on any atom is -0.459 e. The number of hydrogen-bond acceptors (Lipinski definition) is 3. The Balaban J connectivity index is 1.75. The van der Waals surface area contributed by atoms with Crippen LogP contribution in [0.1, 0.15) is 24.6 Å². The third-order valence-corrected chi connectivity index (χ3v) is 3.55. The molecule has 98 valence electrons. The van der Waals surface area contributed by atoms with Gasteiger partial charge in [0.2, 0.25) is 0 Å². The molecule has 0 amide bonds. The molecule has 0 aliphatic heterocycles. The highest BCUT2D eigenvalue weighted by molar-refractivity contribution is 9.10. The molecule has 1 atom stereocenters. The highest BCUT2D eigenvalue weighted by Crippen LogP contribution is 2.26. The average Bonchev–Trinajstić information content (AvgIpc) is 3.04. The van der Waals surface area contributed by atoms with E-state index in [1.807, 2.05) is 18.3 Å². The highest BCUT2D eigenvalue weighted by Gasteiger charge is 2.11. The van der Waals surface area contributed by atoms with E-state index >= 15 is 0 Å². The molecule has 2 aromatic heterocycles. The van der Waals surface area contributed by atoms with Gasteiger partial charge in [-0.25, -0.2) is 4.98 Å². The molecular weight excluding hydrogens is 306 g/mol. The summed E-state index contributed by atoms with van der Waals surface area (Å²) in [6.45, 7) is 2.77. The molecule has 0 bridgehead atoms. The molecule has 0 saturated carbocycles. The first-order valence-electron chi connectivity index (χ1n) is 6.13. The summed E-state index contributed by atoms with van der Waals surface area (Å²) in [4.78, 5) is 7.25. The Bertz CT molecular complexity index is 675. The van der Waals surface area contributed by atoms with Crippen molar-refractivity contribution >= 4 is 26.9 Å². The first-order chi connectivity index (χ1) is 9.22. The molecule has 0 radical (unpaired) electrons. The van der Waals surface area contributed by atoms with Crippen LogP contribution in [0.3, 0.4) is 0 Å². The van der Waals surface area contributed by atoms with Crippen LogP contribution in [0.2, 0.25) is 0 Å². The SMILES string of the molecule is CC(NCc1ncc[nH]1)c1cc2cc(Br)ccc2o1. The summed E-state index contributed by atoms with van der Waals surface area (Å²) in [6, 6.07) is 8.22. The van der Waals surface area contributed by atoms with Crippen LogP contribution in [-0.2, 0) is 6.54 Å². The molecule has 0 saturated heterocycles. The fraction of sp³-hybridized carbons (Fsp3) is 0.214. The van der Waals surface area contributed by atoms with Gasteiger partial charge in [-0.1, -0.05) is 15.9 Å². The second-order valence-corrected chi connectivity index (χ2v) is 5.39. The Hall–Kier alpha value is -1.59. The molecular formula is C14H14BrN3O. The van der Waals surface area contributed by atoms with E-state index in [9.17, 15) is 0 Å². The number of rotatable bonds is 4. The molecule has 0 fully saturated rings. The number of fused-ring (bicyclic) bond motifs is 1. The molecule has 0 aliphatic carbocycles. The maximum atomic E-state index is 5.84. The summed E-state index contributed by atoms with van der Waals surface area (Å²) in [5, 5.41) is 4.49. The van der Waals surface area contributed by atoms with Crippen molar-refractivity contribution in [2.45, 2.75) is 19.5 Å². The number of imidazole rings is 1. The fourth-order valence-electron chi connectivity index (χ4n) is 1.99. The lowest BCUT2D eigenvalue weighted by molar-refractivity contribution is 0.447. The zero-order valence-corrected chi connectivity index (χ0v) is 12.1. The number of halogens is 1. The van der Waals surface area contributed by atoms with Crippen LogP contribution in [0, 0.1) is 0 Å². The van der Waals surface area contributed by atoms with Gasteiger partial charge in [0.1, 0.15) is 17.2 Å². The number of benzene rings is 1. The number of nitrogens with zero attached hydrogens (tertiary/aromatic N) is 1. The average molecular weight is 320 g/mol. The third-order valence-electron chi connectivity index (χ3n) is 3.05. The normalized spacial score (nSPS) is 12.9. The molecule has 4 nitrogen and oxygen atoms in total. The van der Waals surface area contributed by atoms with Crippen molar-refractivity contribution in [1.29, 1.82) is 0 Å². The van der Waals surface area contributed by atoms with E-state index in [-0.39, 0.29) is 6.04 Å². The minimum absolute atomic E-state index is 0.135. The van der Waals surface area contributed by atoms with Gasteiger partial charge in [0, 0.05) is 22.3 Å². The second kappa shape index (κ2) is 5.19. The second-order valence-electron chi connectivity index (χ2n) is 4.47. The van der Waals surface area contributed by atoms with Gasteiger partial charge in [0.05, 0.1) is 12.6 Å². The van der Waals surface area contributed by atoms with Crippen LogP contribution in [-0.4, -0.2) is 9.97 Å². The molecule has 1 unspecified atom stereocenters. The van der Waals surface area contributed by atoms with E-state index in [2.05, 4.69) is 50.3 Å². The van der Waals surface area contributed by atoms with Gasteiger partial charge in [-0.15, -0.1) is 0 Å². The zero-order valence-electron chi connectivity index (χ0n) is 10.5. The lowest BCUT2D eigenvalue weighted by Crippen LogP contribution is -2.18. The Kier molecular flexibility index (Phi) is 3.40. The van der Waals surface area contributed by atoms with Gasteiger partial charge in [-0.05, 0) is 31.2 Å². The van der Waals surface area contributed by atoms with Crippen molar-refractivity contribution in [3.05, 3.63) is 52.7 Å². The summed E-state index contributed by atoms with van der Waals surface area (Å²) < 4.78 is 6.90. The zero-order chi connectivity index (χ0) is 13.2. The van der Waals surface area contributed by atoms with Crippen LogP contribution in [0.15, 0.2) is 45.5 Å². The third kappa shape index (κ3) is 2.72. The molecule has 1 aromatic carbocycles. The van der Waals surface area contributed by atoms with E-state index < -0.39 is 0 Å². The maximum absolute atomic E-state index is 5.84. The molecule has 5 heteroatoms. The molecule has 0 spiro atoms. The molecule has 3 aromatic rings. The number of hydrogen-bond donors (Lipinski definition) is 2. The van der Waals surface area contributed by atoms with Gasteiger partial charge in [0.15, 0.2) is 0 Å². The van der Waals surface area contributed by atoms with Crippen LogP contribution < -0.4 is 5.32 Å². The standard InChI is InChI=1S/C14H14BrN3O/c1-9(18-8-14-16-4-5-17-14)13-7-10-6-11(15)2-3-12(10)19-13/h2-7,9,18H,8H2,1H3,(H,16,17). The van der Waals surface area contributed by atoms with Crippen LogP contribution in [0.4, 0.5) is 0 Å². The summed E-state index contributed by atoms with van der Waals surface area (Å²) in [6.07, 6.45) is 3.57. The molecule has 2 heterocycles. The lowest BCUT2D eigenvalue weighted by atomic mass is 10.2. The first kappa shape index (κ1) is 12.4. The van der Waals surface area contributed by atoms with Gasteiger partial charge in [0.25, 0.3) is 0 Å². The number of nitrogens with one attached hydrogen (secondary N) is 2. The van der Waals surface area contributed by atoms with Crippen molar-refractivity contribution < 1.29 is 4.42 Å². The van der Waals surface area contributed by atoms with Crippen LogP contribution >= 0.6 is 15.9 Å². The molecule has 0 aliphatic rings. The Morgan fingerprint density at radius 2 is 2.32 bits per heavy atom. The van der Waals surface area contributed by atoms with Gasteiger partial charge < -0.3 is 14.7 Å². The van der Waals surface area contributed by atoms with E-state index in [4.69, 9.17) is 4.42 Å². The molecule has 2 N–H and O–H groups in total. The van der Waals surface area contributed by atoms with E-state index in [0.29, 0.717) is 6.54 Å². The maximum Gasteiger partial charge on any atom is 0.134 e. The smallest absolute Gasteiger partial charge is 0.134 e. The van der Waals surface area contributed by atoms with E-state index in [0.717, 1.165) is 27.0 Å². The topological polar surface area (TPSA) is 53.9 Å². The van der Waals surface area contributed by atoms with Crippen LogP contribution in [0.25, 0.3) is 11.0 Å². The van der Waals surface area contributed by atoms with Crippen molar-refractivity contribution in [3.8, 4) is 0 Å². The van der Waals surface area contributed by atoms with Crippen molar-refractivity contribution in [1.82, 2.24) is 15.3 Å².